The fourth-order valence-electron chi connectivity index (χ4n) is 11.2. The first-order chi connectivity index (χ1) is 47.5. The van der Waals surface area contributed by atoms with E-state index in [1.807, 2.05) is 0 Å². The van der Waals surface area contributed by atoms with Crippen molar-refractivity contribution < 1.29 is 69.8 Å². The first-order valence-electron chi connectivity index (χ1n) is 31.2. The summed E-state index contributed by atoms with van der Waals surface area (Å²) in [5, 5.41) is 5.92. The number of benzene rings is 6. The molecule has 10 aromatic rings. The molecule has 2 amide bonds. The van der Waals surface area contributed by atoms with E-state index < -0.39 is 63.1 Å². The van der Waals surface area contributed by atoms with E-state index in [9.17, 15) is 37.5 Å². The van der Waals surface area contributed by atoms with E-state index in [4.69, 9.17) is 42.6 Å². The molecule has 1 saturated heterocycles. The maximum absolute atomic E-state index is 15.6. The Hall–Kier alpha value is -11.5. The van der Waals surface area contributed by atoms with E-state index in [1.165, 1.54) is 91.8 Å². The van der Waals surface area contributed by atoms with Gasteiger partial charge in [0.15, 0.2) is 46.1 Å². The summed E-state index contributed by atoms with van der Waals surface area (Å²) in [5.74, 6) is -1.87. The average molecular weight is 1350 g/mol. The summed E-state index contributed by atoms with van der Waals surface area (Å²) >= 11 is 0. The van der Waals surface area contributed by atoms with Crippen molar-refractivity contribution in [1.29, 1.82) is 0 Å². The normalized spacial score (nSPS) is 13.3. The molecule has 506 valence electrons. The van der Waals surface area contributed by atoms with E-state index in [0.29, 0.717) is 89.3 Å². The van der Waals surface area contributed by atoms with Gasteiger partial charge in [-0.2, -0.15) is 0 Å². The number of hydrogen-bond acceptors (Lipinski definition) is 18. The number of hydrogen-bond donors (Lipinski definition) is 2. The van der Waals surface area contributed by atoms with Crippen LogP contribution in [0.1, 0.15) is 53.3 Å². The average Bonchev–Trinajstić information content (AvgIpc) is 0.783. The van der Waals surface area contributed by atoms with Gasteiger partial charge in [0.25, 0.3) is 22.9 Å². The lowest BCUT2D eigenvalue weighted by atomic mass is 10.1. The van der Waals surface area contributed by atoms with Crippen LogP contribution < -0.4 is 71.0 Å². The Balaban J connectivity index is 0.000000188. The number of piperidine rings is 1. The Morgan fingerprint density at radius 3 is 1.48 bits per heavy atom. The molecule has 24 nitrogen and oxygen atoms in total. The Morgan fingerprint density at radius 2 is 1.00 bits per heavy atom. The molecule has 0 unspecified atom stereocenters. The summed E-state index contributed by atoms with van der Waals surface area (Å²) < 4.78 is 114. The number of methoxy groups -OCH3 is 1. The van der Waals surface area contributed by atoms with Gasteiger partial charge < -0.3 is 62.7 Å². The number of aromatic nitrogens is 6. The van der Waals surface area contributed by atoms with Crippen LogP contribution >= 0.6 is 0 Å². The second-order valence-electron chi connectivity index (χ2n) is 22.5. The summed E-state index contributed by atoms with van der Waals surface area (Å²) in [7, 11) is 2.92. The number of pyridine rings is 2. The van der Waals surface area contributed by atoms with E-state index in [-0.39, 0.29) is 71.1 Å². The van der Waals surface area contributed by atoms with Crippen LogP contribution in [0.3, 0.4) is 0 Å². The van der Waals surface area contributed by atoms with Gasteiger partial charge in [0.2, 0.25) is 11.5 Å². The Kier molecular flexibility index (Phi) is 20.1. The molecule has 0 radical (unpaired) electrons. The fraction of sp³-hybridized carbons (Fsp3) is 0.257. The number of anilines is 2. The highest BCUT2D eigenvalue weighted by molar-refractivity contribution is 6.05. The molecular weight excluding hydrogens is 1280 g/mol. The third kappa shape index (κ3) is 14.4. The van der Waals surface area contributed by atoms with Crippen LogP contribution in [0.25, 0.3) is 33.2 Å². The first-order valence-corrected chi connectivity index (χ1v) is 31.2. The van der Waals surface area contributed by atoms with E-state index in [1.54, 1.807) is 38.3 Å². The fourth-order valence-corrected chi connectivity index (χ4v) is 11.2. The minimum atomic E-state index is -0.931. The van der Waals surface area contributed by atoms with Gasteiger partial charge in [0.05, 0.1) is 46.4 Å². The maximum atomic E-state index is 15.6. The van der Waals surface area contributed by atoms with Crippen molar-refractivity contribution in [3.8, 4) is 68.9 Å². The number of halogens is 4. The van der Waals surface area contributed by atoms with E-state index in [2.05, 4.69) is 25.5 Å². The lowest BCUT2D eigenvalue weighted by Crippen LogP contribution is -2.42. The first kappa shape index (κ1) is 66.5. The largest absolute Gasteiger partial charge is 0.489 e. The zero-order valence-corrected chi connectivity index (χ0v) is 53.1. The summed E-state index contributed by atoms with van der Waals surface area (Å²) in [5.41, 5.74) is -2.85. The van der Waals surface area contributed by atoms with Crippen molar-refractivity contribution >= 4 is 45.0 Å². The van der Waals surface area contributed by atoms with Crippen molar-refractivity contribution in [2.75, 3.05) is 83.6 Å². The second-order valence-corrected chi connectivity index (χ2v) is 22.5. The monoisotopic (exact) mass is 1350 g/mol. The second kappa shape index (κ2) is 29.6. The lowest BCUT2D eigenvalue weighted by molar-refractivity contribution is 0.101. The van der Waals surface area contributed by atoms with Crippen LogP contribution in [0, 0.1) is 23.3 Å². The van der Waals surface area contributed by atoms with Crippen molar-refractivity contribution in [2.24, 2.45) is 7.05 Å². The molecule has 2 N–H and O–H groups in total. The number of carbonyl (C=O) groups excluding carboxylic acids is 2. The molecule has 98 heavy (non-hydrogen) atoms. The lowest BCUT2D eigenvalue weighted by Gasteiger charge is -2.26. The van der Waals surface area contributed by atoms with Crippen molar-refractivity contribution in [2.45, 2.75) is 39.2 Å². The minimum Gasteiger partial charge on any atom is -0.489 e. The van der Waals surface area contributed by atoms with Crippen molar-refractivity contribution in [1.82, 2.24) is 33.1 Å². The summed E-state index contributed by atoms with van der Waals surface area (Å²) in [4.78, 5) is 89.9. The summed E-state index contributed by atoms with van der Waals surface area (Å²) in [6, 6.07) is 23.5. The third-order valence-electron chi connectivity index (χ3n) is 16.0. The number of nitrogens with zero attached hydrogens (tertiary/aromatic N) is 7. The number of likely N-dealkylation sites (tertiary alicyclic amines) is 1. The maximum Gasteiger partial charge on any atom is 0.335 e. The quantitative estimate of drug-likeness (QED) is 0.0531. The van der Waals surface area contributed by atoms with Gasteiger partial charge in [-0.1, -0.05) is 6.42 Å². The van der Waals surface area contributed by atoms with Crippen molar-refractivity contribution in [3.05, 3.63) is 210 Å². The highest BCUT2D eigenvalue weighted by Gasteiger charge is 2.29. The van der Waals surface area contributed by atoms with Crippen LogP contribution in [0.2, 0.25) is 0 Å². The minimum absolute atomic E-state index is 0.0167. The number of carbonyl (C=O) groups is 2. The van der Waals surface area contributed by atoms with Crippen LogP contribution in [-0.2, 0) is 18.3 Å². The number of rotatable bonds is 20. The highest BCUT2D eigenvalue weighted by atomic mass is 19.1. The van der Waals surface area contributed by atoms with Gasteiger partial charge in [-0.15, -0.1) is 0 Å². The standard InChI is InChI=1S/C38H37F2N5O7.C32H26F2N4O8/c1-2-44-23-27(37(47)45(38(44)48)26-10-7-24(39)8-11-26)36(46)42-25-9-12-30(28(40)21-25)52-31-13-14-41-29-22-32(34-35(33(29)31)51-20-19-50-34)49-18-6-17-43-15-4-3-5-16-43;1-37-17-21(31(40)38(32(37)41)20-6-3-18(33)4-7-20)30(39)36-19-5-8-24(22(34)15-19)46-25-9-10-35-23-16-26(43-12-11-42-2)28-29(27(23)25)45-14-13-44-28/h7-14,21-23H,2-6,15-20H2,1H3,(H,42,46);3-10,15-17H,11-14H2,1-2H3,(H,36,39). The molecule has 6 aromatic carbocycles. The number of ether oxygens (including phenoxy) is 9. The van der Waals surface area contributed by atoms with E-state index in [0.717, 1.165) is 88.5 Å². The number of nitrogens with one attached hydrogen (secondary N) is 2. The molecule has 0 saturated carbocycles. The van der Waals surface area contributed by atoms with Gasteiger partial charge in [-0.3, -0.25) is 33.7 Å². The third-order valence-corrected chi connectivity index (χ3v) is 16.0. The van der Waals surface area contributed by atoms with Gasteiger partial charge in [-0.25, -0.2) is 36.3 Å². The SMILES string of the molecule is CCn1cc(C(=O)Nc2ccc(Oc3ccnc4cc(OCCCN5CCCCC5)c5c(c34)OCCO5)c(F)c2)c(=O)n(-c2ccc(F)cc2)c1=O.COCCOc1cc2nccc(Oc3ccc(NC(=O)c4cn(C)c(=O)n(-c5ccc(F)cc5)c4=O)cc3F)c2c2c1OCCO2. The molecule has 0 spiro atoms. The molecule has 4 aromatic heterocycles. The molecule has 13 rings (SSSR count). The summed E-state index contributed by atoms with van der Waals surface area (Å²) in [6.45, 7) is 7.34. The number of amides is 2. The molecule has 28 heteroatoms. The van der Waals surface area contributed by atoms with Gasteiger partial charge >= 0.3 is 11.4 Å². The highest BCUT2D eigenvalue weighted by Crippen LogP contribution is 2.50. The van der Waals surface area contributed by atoms with Gasteiger partial charge in [-0.05, 0) is 124 Å². The Morgan fingerprint density at radius 1 is 0.531 bits per heavy atom. The smallest absolute Gasteiger partial charge is 0.335 e. The molecule has 0 aliphatic carbocycles. The Labute approximate surface area is 554 Å². The molecule has 0 atom stereocenters. The molecule has 7 heterocycles. The molecule has 1 fully saturated rings. The van der Waals surface area contributed by atoms with Crippen LogP contribution in [0.4, 0.5) is 28.9 Å². The topological polar surface area (TPSA) is 258 Å². The zero-order valence-electron chi connectivity index (χ0n) is 53.1. The van der Waals surface area contributed by atoms with Gasteiger partial charge in [0.1, 0.15) is 67.3 Å². The van der Waals surface area contributed by atoms with Gasteiger partial charge in [0, 0.05) is 87.7 Å². The molecule has 3 aliphatic rings. The molecular formula is C70H63F4N9O15. The number of fused-ring (bicyclic) bond motifs is 6. The predicted octanol–water partition coefficient (Wildman–Crippen LogP) is 10.1. The molecule has 3 aliphatic heterocycles. The Bertz CT molecular complexity index is 4930. The number of aryl methyl sites for hydroxylation is 2. The van der Waals surface area contributed by atoms with Crippen LogP contribution in [0.5, 0.6) is 57.5 Å². The molecule has 0 bridgehead atoms. The summed E-state index contributed by atoms with van der Waals surface area (Å²) in [6.07, 6.45) is 9.85. The van der Waals surface area contributed by atoms with Crippen LogP contribution in [0.15, 0.2) is 153 Å². The zero-order chi connectivity index (χ0) is 68.6. The van der Waals surface area contributed by atoms with Crippen LogP contribution in [-0.4, -0.2) is 118 Å². The predicted molar refractivity (Wildman–Crippen MR) is 351 cm³/mol. The van der Waals surface area contributed by atoms with E-state index >= 15 is 8.78 Å². The van der Waals surface area contributed by atoms with Crippen molar-refractivity contribution in [3.63, 3.8) is 0 Å².